The molecule has 0 bridgehead atoms. The number of rotatable bonds is 5. The van der Waals surface area contributed by atoms with Gasteiger partial charge in [0.15, 0.2) is 0 Å². The Morgan fingerprint density at radius 1 is 1.70 bits per heavy atom. The number of hydrogen-bond donors (Lipinski definition) is 1. The summed E-state index contributed by atoms with van der Waals surface area (Å²) >= 11 is 0. The molecule has 0 heterocycles. The first-order valence-electron chi connectivity index (χ1n) is 3.10. The summed E-state index contributed by atoms with van der Waals surface area (Å²) in [5.41, 5.74) is 0. The van der Waals surface area contributed by atoms with Gasteiger partial charge in [0.25, 0.3) is 0 Å². The van der Waals surface area contributed by atoms with Gasteiger partial charge in [-0.05, 0) is 6.08 Å². The molecule has 0 aromatic heterocycles. The van der Waals surface area contributed by atoms with E-state index in [1.165, 1.54) is 0 Å². The number of nitrogens with zero attached hydrogens (tertiary/aromatic N) is 1. The van der Waals surface area contributed by atoms with Crippen LogP contribution in [0.5, 0.6) is 0 Å². The van der Waals surface area contributed by atoms with Gasteiger partial charge in [-0.1, -0.05) is 12.7 Å². The summed E-state index contributed by atoms with van der Waals surface area (Å²) in [6.45, 7) is 4.84. The number of allylic oxidation sites excluding steroid dienone is 2. The van der Waals surface area contributed by atoms with E-state index in [1.54, 1.807) is 30.5 Å². The maximum Gasteiger partial charge on any atom is 0.0653 e. The van der Waals surface area contributed by atoms with E-state index in [0.29, 0.717) is 13.2 Å². The van der Waals surface area contributed by atoms with Crippen molar-refractivity contribution in [1.82, 2.24) is 5.01 Å². The van der Waals surface area contributed by atoms with Gasteiger partial charge in [0, 0.05) is 13.3 Å². The zero-order chi connectivity index (χ0) is 7.82. The van der Waals surface area contributed by atoms with E-state index in [4.69, 9.17) is 10.6 Å². The highest BCUT2D eigenvalue weighted by atomic mass is 16.5. The molecular weight excluding hydrogens is 128 g/mol. The first-order valence-corrected chi connectivity index (χ1v) is 3.10. The molecule has 0 rings (SSSR count). The normalized spacial score (nSPS) is 10.2. The lowest BCUT2D eigenvalue weighted by atomic mass is 10.5. The predicted octanol–water partition coefficient (Wildman–Crippen LogP) is 0.508. The van der Waals surface area contributed by atoms with Gasteiger partial charge >= 0.3 is 0 Å². The van der Waals surface area contributed by atoms with E-state index >= 15 is 0 Å². The van der Waals surface area contributed by atoms with Crippen LogP contribution in [0.1, 0.15) is 0 Å². The third-order valence-electron chi connectivity index (χ3n) is 0.967. The highest BCUT2D eigenvalue weighted by molar-refractivity contribution is 4.95. The molecule has 0 fully saturated rings. The molecule has 3 nitrogen and oxygen atoms in total. The zero-order valence-electron chi connectivity index (χ0n) is 6.29. The Labute approximate surface area is 61.7 Å². The molecule has 0 aromatic carbocycles. The number of methoxy groups -OCH3 is 1. The lowest BCUT2D eigenvalue weighted by Gasteiger charge is -2.11. The second-order valence-electron chi connectivity index (χ2n) is 1.81. The smallest absolute Gasteiger partial charge is 0.0653 e. The van der Waals surface area contributed by atoms with Crippen LogP contribution >= 0.6 is 0 Å². The molecule has 0 radical (unpaired) electrons. The summed E-state index contributed by atoms with van der Waals surface area (Å²) < 4.78 is 4.81. The predicted molar refractivity (Wildman–Crippen MR) is 42.1 cm³/mol. The lowest BCUT2D eigenvalue weighted by Crippen LogP contribution is -2.28. The molecule has 0 aliphatic carbocycles. The Kier molecular flexibility index (Phi) is 5.82. The minimum atomic E-state index is 0.637. The van der Waals surface area contributed by atoms with Crippen molar-refractivity contribution in [3.63, 3.8) is 0 Å². The average Bonchev–Trinajstić information content (AvgIpc) is 1.97. The molecule has 58 valence electrons. The van der Waals surface area contributed by atoms with Crippen LogP contribution in [0.2, 0.25) is 0 Å². The van der Waals surface area contributed by atoms with E-state index in [2.05, 4.69) is 6.58 Å². The average molecular weight is 142 g/mol. The highest BCUT2D eigenvalue weighted by Crippen LogP contribution is 1.80. The van der Waals surface area contributed by atoms with Crippen molar-refractivity contribution in [2.24, 2.45) is 5.84 Å². The third-order valence-corrected chi connectivity index (χ3v) is 0.967. The molecule has 0 saturated carbocycles. The third kappa shape index (κ3) is 5.34. The largest absolute Gasteiger partial charge is 0.383 e. The Morgan fingerprint density at radius 3 is 2.90 bits per heavy atom. The van der Waals surface area contributed by atoms with Gasteiger partial charge < -0.3 is 9.75 Å². The topological polar surface area (TPSA) is 38.5 Å². The van der Waals surface area contributed by atoms with Gasteiger partial charge in [-0.15, -0.1) is 0 Å². The van der Waals surface area contributed by atoms with Crippen LogP contribution in [0.4, 0.5) is 0 Å². The van der Waals surface area contributed by atoms with Crippen molar-refractivity contribution in [2.45, 2.75) is 0 Å². The molecule has 0 spiro atoms. The molecule has 10 heavy (non-hydrogen) atoms. The minimum absolute atomic E-state index is 0.637. The van der Waals surface area contributed by atoms with Crippen LogP contribution in [-0.2, 0) is 4.74 Å². The number of nitrogens with two attached hydrogens (primary N) is 1. The molecule has 3 heteroatoms. The fraction of sp³-hybridized carbons (Fsp3) is 0.429. The molecular formula is C7H14N2O. The second-order valence-corrected chi connectivity index (χ2v) is 1.81. The van der Waals surface area contributed by atoms with E-state index < -0.39 is 0 Å². The van der Waals surface area contributed by atoms with Crippen molar-refractivity contribution < 1.29 is 4.74 Å². The zero-order valence-corrected chi connectivity index (χ0v) is 6.29. The van der Waals surface area contributed by atoms with Crippen LogP contribution in [0.25, 0.3) is 0 Å². The van der Waals surface area contributed by atoms with E-state index in [1.807, 2.05) is 0 Å². The number of hydrazine groups is 1. The van der Waals surface area contributed by atoms with Gasteiger partial charge in [0.05, 0.1) is 13.2 Å². The van der Waals surface area contributed by atoms with Crippen LogP contribution in [-0.4, -0.2) is 25.3 Å². The summed E-state index contributed by atoms with van der Waals surface area (Å²) in [4.78, 5) is 0. The monoisotopic (exact) mass is 142 g/mol. The number of hydrogen-bond acceptors (Lipinski definition) is 3. The van der Waals surface area contributed by atoms with E-state index in [-0.39, 0.29) is 0 Å². The first-order chi connectivity index (χ1) is 4.81. The van der Waals surface area contributed by atoms with Crippen LogP contribution < -0.4 is 5.84 Å². The quantitative estimate of drug-likeness (QED) is 0.345. The maximum atomic E-state index is 5.46. The summed E-state index contributed by atoms with van der Waals surface area (Å²) in [6, 6.07) is 0. The van der Waals surface area contributed by atoms with Gasteiger partial charge in [-0.2, -0.15) is 0 Å². The summed E-state index contributed by atoms with van der Waals surface area (Å²) in [5.74, 6) is 5.46. The van der Waals surface area contributed by atoms with Gasteiger partial charge in [-0.3, -0.25) is 0 Å². The fourth-order valence-corrected chi connectivity index (χ4v) is 0.443. The Morgan fingerprint density at radius 2 is 2.40 bits per heavy atom. The van der Waals surface area contributed by atoms with Crippen molar-refractivity contribution in [3.05, 3.63) is 24.9 Å². The standard InChI is InChI=1S/C7H14N2O/c1-3-4-5-9(8)6-7-10-2/h3-5H,1,6-8H2,2H3/b5-4-. The number of ether oxygens (including phenoxy) is 1. The van der Waals surface area contributed by atoms with Crippen molar-refractivity contribution in [3.8, 4) is 0 Å². The molecule has 0 amide bonds. The molecule has 0 aliphatic rings. The Balaban J connectivity index is 3.32. The Bertz CT molecular complexity index is 112. The highest BCUT2D eigenvalue weighted by Gasteiger charge is 1.87. The lowest BCUT2D eigenvalue weighted by molar-refractivity contribution is 0.170. The summed E-state index contributed by atoms with van der Waals surface area (Å²) in [5, 5.41) is 1.55. The maximum absolute atomic E-state index is 5.46. The van der Waals surface area contributed by atoms with Crippen molar-refractivity contribution in [1.29, 1.82) is 0 Å². The first kappa shape index (κ1) is 9.20. The van der Waals surface area contributed by atoms with Gasteiger partial charge in [0.1, 0.15) is 0 Å². The summed E-state index contributed by atoms with van der Waals surface area (Å²) in [6.07, 6.45) is 5.19. The molecule has 0 saturated heterocycles. The van der Waals surface area contributed by atoms with E-state index in [9.17, 15) is 0 Å². The van der Waals surface area contributed by atoms with Crippen LogP contribution in [0, 0.1) is 0 Å². The van der Waals surface area contributed by atoms with Gasteiger partial charge in [-0.25, -0.2) is 5.84 Å². The molecule has 0 unspecified atom stereocenters. The SMILES string of the molecule is C=C/C=C\N(N)CCOC. The minimum Gasteiger partial charge on any atom is -0.383 e. The molecule has 0 aromatic rings. The van der Waals surface area contributed by atoms with Crippen molar-refractivity contribution in [2.75, 3.05) is 20.3 Å². The van der Waals surface area contributed by atoms with Crippen LogP contribution in [0.3, 0.4) is 0 Å². The molecule has 0 atom stereocenters. The second kappa shape index (κ2) is 6.32. The Hall–Kier alpha value is -0.800. The van der Waals surface area contributed by atoms with Gasteiger partial charge in [0.2, 0.25) is 0 Å². The van der Waals surface area contributed by atoms with Crippen LogP contribution in [0.15, 0.2) is 24.9 Å². The van der Waals surface area contributed by atoms with E-state index in [0.717, 1.165) is 0 Å². The summed E-state index contributed by atoms with van der Waals surface area (Å²) in [7, 11) is 1.64. The van der Waals surface area contributed by atoms with Crippen molar-refractivity contribution >= 4 is 0 Å². The molecule has 0 aliphatic heterocycles. The fourth-order valence-electron chi connectivity index (χ4n) is 0.443. The molecule has 2 N–H and O–H groups in total.